The summed E-state index contributed by atoms with van der Waals surface area (Å²) in [6.07, 6.45) is 0. The first-order valence-corrected chi connectivity index (χ1v) is 5.82. The molecule has 0 bridgehead atoms. The van der Waals surface area contributed by atoms with E-state index in [0.717, 1.165) is 21.2 Å². The Balaban J connectivity index is 2.87. The summed E-state index contributed by atoms with van der Waals surface area (Å²) in [6.45, 7) is 3.89. The molecule has 0 aliphatic carbocycles. The highest BCUT2D eigenvalue weighted by Crippen LogP contribution is 2.37. The van der Waals surface area contributed by atoms with Gasteiger partial charge in [0.25, 0.3) is 0 Å². The van der Waals surface area contributed by atoms with E-state index in [1.165, 1.54) is 0 Å². The second kappa shape index (κ2) is 3.81. The van der Waals surface area contributed by atoms with Gasteiger partial charge in [-0.25, -0.2) is 0 Å². The lowest BCUT2D eigenvalue weighted by Crippen LogP contribution is -2.04. The van der Waals surface area contributed by atoms with Gasteiger partial charge in [-0.1, -0.05) is 27.5 Å². The number of benzene rings is 1. The van der Waals surface area contributed by atoms with Crippen molar-refractivity contribution < 1.29 is 4.42 Å². The van der Waals surface area contributed by atoms with Gasteiger partial charge in [0.05, 0.1) is 11.1 Å². The molecular formula is C11H11BrClNO. The first kappa shape index (κ1) is 11.0. The molecule has 2 aromatic rings. The molecule has 1 aromatic carbocycles. The van der Waals surface area contributed by atoms with Crippen LogP contribution in [0.4, 0.5) is 0 Å². The van der Waals surface area contributed by atoms with Gasteiger partial charge in [0, 0.05) is 15.4 Å². The molecule has 0 saturated heterocycles. The molecule has 0 aliphatic rings. The van der Waals surface area contributed by atoms with Crippen LogP contribution >= 0.6 is 27.5 Å². The third-order valence-electron chi connectivity index (χ3n) is 2.43. The van der Waals surface area contributed by atoms with Crippen molar-refractivity contribution in [3.63, 3.8) is 0 Å². The van der Waals surface area contributed by atoms with Crippen LogP contribution in [0.5, 0.6) is 0 Å². The normalized spacial score (nSPS) is 13.4. The first-order valence-electron chi connectivity index (χ1n) is 4.65. The summed E-state index contributed by atoms with van der Waals surface area (Å²) in [5.41, 5.74) is 7.58. The first-order chi connectivity index (χ1) is 7.02. The maximum Gasteiger partial charge on any atom is 0.154 e. The summed E-state index contributed by atoms with van der Waals surface area (Å²) in [7, 11) is 0. The maximum atomic E-state index is 6.06. The Hall–Kier alpha value is -0.510. The van der Waals surface area contributed by atoms with Gasteiger partial charge in [0.15, 0.2) is 5.58 Å². The number of hydrogen-bond acceptors (Lipinski definition) is 2. The van der Waals surface area contributed by atoms with Crippen molar-refractivity contribution in [1.29, 1.82) is 0 Å². The Bertz CT molecular complexity index is 519. The second-order valence-corrected chi connectivity index (χ2v) is 4.87. The quantitative estimate of drug-likeness (QED) is 0.855. The number of fused-ring (bicyclic) bond motifs is 1. The standard InChI is InChI=1S/C11H11BrClNO/c1-5-9-7(12)3-4-8(13)11(9)15-10(5)6(2)14/h3-4,6H,14H2,1-2H3. The molecule has 1 heterocycles. The Kier molecular flexibility index (Phi) is 2.79. The van der Waals surface area contributed by atoms with Crippen LogP contribution in [-0.2, 0) is 0 Å². The largest absolute Gasteiger partial charge is 0.458 e. The van der Waals surface area contributed by atoms with Crippen molar-refractivity contribution in [2.45, 2.75) is 19.9 Å². The van der Waals surface area contributed by atoms with Crippen LogP contribution in [0.15, 0.2) is 21.0 Å². The van der Waals surface area contributed by atoms with Gasteiger partial charge in [0.1, 0.15) is 5.76 Å². The minimum absolute atomic E-state index is 0.125. The fourth-order valence-corrected chi connectivity index (χ4v) is 2.53. The fourth-order valence-electron chi connectivity index (χ4n) is 1.73. The van der Waals surface area contributed by atoms with Crippen LogP contribution in [-0.4, -0.2) is 0 Å². The lowest BCUT2D eigenvalue weighted by Gasteiger charge is -2.00. The van der Waals surface area contributed by atoms with Gasteiger partial charge in [-0.15, -0.1) is 0 Å². The number of furan rings is 1. The second-order valence-electron chi connectivity index (χ2n) is 3.61. The highest BCUT2D eigenvalue weighted by atomic mass is 79.9. The smallest absolute Gasteiger partial charge is 0.154 e. The van der Waals surface area contributed by atoms with Gasteiger partial charge in [-0.3, -0.25) is 0 Å². The zero-order valence-corrected chi connectivity index (χ0v) is 10.8. The molecule has 4 heteroatoms. The monoisotopic (exact) mass is 287 g/mol. The minimum Gasteiger partial charge on any atom is -0.458 e. The fraction of sp³-hybridized carbons (Fsp3) is 0.273. The zero-order valence-electron chi connectivity index (χ0n) is 8.47. The van der Waals surface area contributed by atoms with Crippen LogP contribution in [0.3, 0.4) is 0 Å². The van der Waals surface area contributed by atoms with Crippen molar-refractivity contribution in [2.24, 2.45) is 5.73 Å². The predicted octanol–water partition coefficient (Wildman–Crippen LogP) is 4.18. The summed E-state index contributed by atoms with van der Waals surface area (Å²) in [5.74, 6) is 0.791. The summed E-state index contributed by atoms with van der Waals surface area (Å²) >= 11 is 9.55. The van der Waals surface area contributed by atoms with Crippen molar-refractivity contribution in [2.75, 3.05) is 0 Å². The lowest BCUT2D eigenvalue weighted by molar-refractivity contribution is 0.509. The lowest BCUT2D eigenvalue weighted by atomic mass is 10.1. The molecule has 0 spiro atoms. The van der Waals surface area contributed by atoms with Crippen LogP contribution in [0.2, 0.25) is 5.02 Å². The third-order valence-corrected chi connectivity index (χ3v) is 3.39. The Labute approximate surface area is 102 Å². The van der Waals surface area contributed by atoms with Crippen molar-refractivity contribution in [3.05, 3.63) is 33.0 Å². The number of halogens is 2. The average Bonchev–Trinajstić information content (AvgIpc) is 2.51. The molecule has 1 atom stereocenters. The molecule has 0 saturated carbocycles. The van der Waals surface area contributed by atoms with Gasteiger partial charge >= 0.3 is 0 Å². The number of aryl methyl sites for hydroxylation is 1. The zero-order chi connectivity index (χ0) is 11.2. The van der Waals surface area contributed by atoms with Gasteiger partial charge in [-0.05, 0) is 26.0 Å². The summed E-state index contributed by atoms with van der Waals surface area (Å²) < 4.78 is 6.67. The Morgan fingerprint density at radius 2 is 2.13 bits per heavy atom. The molecule has 2 rings (SSSR count). The van der Waals surface area contributed by atoms with Gasteiger partial charge in [-0.2, -0.15) is 0 Å². The van der Waals surface area contributed by atoms with E-state index in [2.05, 4.69) is 15.9 Å². The summed E-state index contributed by atoms with van der Waals surface area (Å²) in [6, 6.07) is 3.60. The molecule has 0 radical (unpaired) electrons. The molecule has 2 N–H and O–H groups in total. The third kappa shape index (κ3) is 1.69. The maximum absolute atomic E-state index is 6.06. The molecule has 80 valence electrons. The Morgan fingerprint density at radius 1 is 1.47 bits per heavy atom. The van der Waals surface area contributed by atoms with E-state index in [1.54, 1.807) is 0 Å². The van der Waals surface area contributed by atoms with Crippen molar-refractivity contribution >= 4 is 38.5 Å². The molecule has 1 unspecified atom stereocenters. The van der Waals surface area contributed by atoms with E-state index < -0.39 is 0 Å². The van der Waals surface area contributed by atoms with Crippen LogP contribution in [0.1, 0.15) is 24.3 Å². The van der Waals surface area contributed by atoms with E-state index in [-0.39, 0.29) is 6.04 Å². The summed E-state index contributed by atoms with van der Waals surface area (Å²) in [5, 5.41) is 1.62. The van der Waals surface area contributed by atoms with Crippen LogP contribution in [0, 0.1) is 6.92 Å². The SMILES string of the molecule is Cc1c(C(C)N)oc2c(Cl)ccc(Br)c12. The minimum atomic E-state index is -0.125. The van der Waals surface area contributed by atoms with E-state index in [4.69, 9.17) is 21.8 Å². The van der Waals surface area contributed by atoms with E-state index >= 15 is 0 Å². The topological polar surface area (TPSA) is 39.2 Å². The molecular weight excluding hydrogens is 277 g/mol. The highest BCUT2D eigenvalue weighted by molar-refractivity contribution is 9.10. The van der Waals surface area contributed by atoms with Crippen LogP contribution < -0.4 is 5.73 Å². The number of nitrogens with two attached hydrogens (primary N) is 1. The van der Waals surface area contributed by atoms with Crippen molar-refractivity contribution in [1.82, 2.24) is 0 Å². The highest BCUT2D eigenvalue weighted by Gasteiger charge is 2.17. The molecule has 15 heavy (non-hydrogen) atoms. The van der Waals surface area contributed by atoms with Gasteiger partial charge in [0.2, 0.25) is 0 Å². The average molecular weight is 289 g/mol. The molecule has 2 nitrogen and oxygen atoms in total. The van der Waals surface area contributed by atoms with Crippen molar-refractivity contribution in [3.8, 4) is 0 Å². The van der Waals surface area contributed by atoms with E-state index in [9.17, 15) is 0 Å². The van der Waals surface area contributed by atoms with Gasteiger partial charge < -0.3 is 10.2 Å². The number of rotatable bonds is 1. The van der Waals surface area contributed by atoms with Crippen LogP contribution in [0.25, 0.3) is 11.0 Å². The molecule has 0 aliphatic heterocycles. The van der Waals surface area contributed by atoms with E-state index in [1.807, 2.05) is 26.0 Å². The molecule has 0 fully saturated rings. The Morgan fingerprint density at radius 3 is 2.67 bits per heavy atom. The van der Waals surface area contributed by atoms with E-state index in [0.29, 0.717) is 10.6 Å². The molecule has 1 aromatic heterocycles. The molecule has 0 amide bonds. The number of hydrogen-bond donors (Lipinski definition) is 1. The predicted molar refractivity (Wildman–Crippen MR) is 66.3 cm³/mol. The summed E-state index contributed by atoms with van der Waals surface area (Å²) in [4.78, 5) is 0.